The second-order valence-corrected chi connectivity index (χ2v) is 10.4. The lowest BCUT2D eigenvalue weighted by Crippen LogP contribution is -2.14. The van der Waals surface area contributed by atoms with Crippen molar-refractivity contribution < 1.29 is 4.79 Å². The monoisotopic (exact) mass is 457 g/mol. The predicted molar refractivity (Wildman–Crippen MR) is 123 cm³/mol. The van der Waals surface area contributed by atoms with Crippen LogP contribution in [0.3, 0.4) is 0 Å². The fourth-order valence-corrected chi connectivity index (χ4v) is 6.36. The molecular weight excluding hydrogens is 434 g/mol. The number of hydrogen-bond donors (Lipinski definition) is 1. The predicted octanol–water partition coefficient (Wildman–Crippen LogP) is 5.27. The molecule has 0 fully saturated rings. The van der Waals surface area contributed by atoms with E-state index in [-0.39, 0.29) is 11.7 Å². The van der Waals surface area contributed by atoms with E-state index in [1.165, 1.54) is 21.5 Å². The van der Waals surface area contributed by atoms with E-state index >= 15 is 0 Å². The zero-order chi connectivity index (χ0) is 21.1. The summed E-state index contributed by atoms with van der Waals surface area (Å²) in [4.78, 5) is 15.1. The van der Waals surface area contributed by atoms with Gasteiger partial charge in [-0.2, -0.15) is 5.26 Å². The molecule has 1 amide bonds. The second kappa shape index (κ2) is 9.33. The molecule has 0 aromatic carbocycles. The number of thioether (sulfide) groups is 1. The Morgan fingerprint density at radius 2 is 2.20 bits per heavy atom. The molecule has 0 saturated carbocycles. The number of hydrogen-bond acceptors (Lipinski definition) is 7. The van der Waals surface area contributed by atoms with Crippen LogP contribution in [0.2, 0.25) is 0 Å². The van der Waals surface area contributed by atoms with Crippen molar-refractivity contribution in [1.29, 1.82) is 5.26 Å². The molecule has 0 aliphatic heterocycles. The number of thiophene rings is 2. The molecule has 3 aromatic heterocycles. The fraction of sp³-hybridized carbons (Fsp3) is 0.429. The van der Waals surface area contributed by atoms with Gasteiger partial charge in [0.05, 0.1) is 11.3 Å². The standard InChI is InChI=1S/C21H23N5OS3/c1-3-8-26-19(14-9-13(2)28-11-14)24-25-21(26)29-12-18(27)23-20-16(10-22)15-6-4-5-7-17(15)30-20/h9,11H,3-8,12H2,1-2H3,(H,23,27). The molecule has 0 radical (unpaired) electrons. The summed E-state index contributed by atoms with van der Waals surface area (Å²) in [5, 5.41) is 24.8. The first-order chi connectivity index (χ1) is 14.6. The molecule has 0 saturated heterocycles. The second-order valence-electron chi connectivity index (χ2n) is 7.27. The number of nitrogens with zero attached hydrogens (tertiary/aromatic N) is 4. The van der Waals surface area contributed by atoms with E-state index < -0.39 is 0 Å². The molecule has 3 aromatic rings. The number of nitrogens with one attached hydrogen (secondary N) is 1. The third-order valence-corrected chi connectivity index (χ3v) is 8.06. The molecule has 6 nitrogen and oxygen atoms in total. The highest BCUT2D eigenvalue weighted by molar-refractivity contribution is 7.99. The number of aryl methyl sites for hydroxylation is 2. The molecule has 1 N–H and O–H groups in total. The minimum atomic E-state index is -0.117. The lowest BCUT2D eigenvalue weighted by Gasteiger charge is -2.09. The molecule has 30 heavy (non-hydrogen) atoms. The number of aromatic nitrogens is 3. The first kappa shape index (κ1) is 21.1. The Hall–Kier alpha value is -2.15. The minimum Gasteiger partial charge on any atom is -0.316 e. The van der Waals surface area contributed by atoms with Crippen molar-refractivity contribution in [2.24, 2.45) is 0 Å². The minimum absolute atomic E-state index is 0.117. The number of rotatable bonds is 7. The smallest absolute Gasteiger partial charge is 0.235 e. The van der Waals surface area contributed by atoms with E-state index in [1.807, 2.05) is 0 Å². The van der Waals surface area contributed by atoms with Gasteiger partial charge in [0.25, 0.3) is 0 Å². The zero-order valence-electron chi connectivity index (χ0n) is 17.0. The quantitative estimate of drug-likeness (QED) is 0.489. The lowest BCUT2D eigenvalue weighted by molar-refractivity contribution is -0.113. The van der Waals surface area contributed by atoms with E-state index in [0.717, 1.165) is 60.8 Å². The van der Waals surface area contributed by atoms with Gasteiger partial charge < -0.3 is 9.88 Å². The summed E-state index contributed by atoms with van der Waals surface area (Å²) in [6.07, 6.45) is 5.16. The summed E-state index contributed by atoms with van der Waals surface area (Å²) in [6, 6.07) is 4.41. The first-order valence-corrected chi connectivity index (χ1v) is 12.7. The molecular formula is C21H23N5OS3. The Balaban J connectivity index is 1.46. The molecule has 0 atom stereocenters. The van der Waals surface area contributed by atoms with Gasteiger partial charge in [-0.1, -0.05) is 18.7 Å². The summed E-state index contributed by atoms with van der Waals surface area (Å²) in [5.74, 6) is 0.966. The normalized spacial score (nSPS) is 13.1. The van der Waals surface area contributed by atoms with E-state index in [0.29, 0.717) is 10.6 Å². The largest absolute Gasteiger partial charge is 0.316 e. The van der Waals surface area contributed by atoms with Gasteiger partial charge in [0.1, 0.15) is 11.1 Å². The number of anilines is 1. The van der Waals surface area contributed by atoms with Crippen LogP contribution in [0.1, 0.15) is 47.1 Å². The van der Waals surface area contributed by atoms with E-state index in [1.54, 1.807) is 22.7 Å². The maximum atomic E-state index is 12.6. The van der Waals surface area contributed by atoms with E-state index in [2.05, 4.69) is 51.4 Å². The highest BCUT2D eigenvalue weighted by atomic mass is 32.2. The van der Waals surface area contributed by atoms with Crippen molar-refractivity contribution in [3.8, 4) is 17.5 Å². The molecule has 4 rings (SSSR count). The van der Waals surface area contributed by atoms with E-state index in [4.69, 9.17) is 0 Å². The van der Waals surface area contributed by atoms with Crippen LogP contribution in [0.15, 0.2) is 16.6 Å². The Kier molecular flexibility index (Phi) is 6.56. The molecule has 0 bridgehead atoms. The number of amides is 1. The van der Waals surface area contributed by atoms with Crippen molar-refractivity contribution in [3.63, 3.8) is 0 Å². The van der Waals surface area contributed by atoms with Gasteiger partial charge in [-0.3, -0.25) is 4.79 Å². The Morgan fingerprint density at radius 1 is 1.37 bits per heavy atom. The van der Waals surface area contributed by atoms with Crippen LogP contribution in [0.5, 0.6) is 0 Å². The van der Waals surface area contributed by atoms with Gasteiger partial charge in [-0.15, -0.1) is 32.9 Å². The number of carbonyl (C=O) groups is 1. The highest BCUT2D eigenvalue weighted by Gasteiger charge is 2.22. The van der Waals surface area contributed by atoms with Crippen molar-refractivity contribution in [1.82, 2.24) is 14.8 Å². The van der Waals surface area contributed by atoms with Gasteiger partial charge in [0.15, 0.2) is 11.0 Å². The molecule has 0 unspecified atom stereocenters. The molecule has 9 heteroatoms. The summed E-state index contributed by atoms with van der Waals surface area (Å²) >= 11 is 4.64. The average Bonchev–Trinajstić information content (AvgIpc) is 3.43. The summed E-state index contributed by atoms with van der Waals surface area (Å²) < 4.78 is 2.09. The van der Waals surface area contributed by atoms with Crippen LogP contribution in [-0.4, -0.2) is 26.4 Å². The van der Waals surface area contributed by atoms with Crippen LogP contribution < -0.4 is 5.32 Å². The Morgan fingerprint density at radius 3 is 2.93 bits per heavy atom. The van der Waals surface area contributed by atoms with Crippen LogP contribution >= 0.6 is 34.4 Å². The summed E-state index contributed by atoms with van der Waals surface area (Å²) in [5.41, 5.74) is 2.85. The summed E-state index contributed by atoms with van der Waals surface area (Å²) in [6.45, 7) is 5.00. The number of nitriles is 1. The first-order valence-electron chi connectivity index (χ1n) is 10.1. The maximum Gasteiger partial charge on any atom is 0.235 e. The van der Waals surface area contributed by atoms with Gasteiger partial charge in [-0.25, -0.2) is 0 Å². The van der Waals surface area contributed by atoms with Crippen LogP contribution in [0.4, 0.5) is 5.00 Å². The third kappa shape index (κ3) is 4.31. The van der Waals surface area contributed by atoms with Gasteiger partial charge in [0.2, 0.25) is 5.91 Å². The third-order valence-electron chi connectivity index (χ3n) is 5.02. The highest BCUT2D eigenvalue weighted by Crippen LogP contribution is 2.37. The van der Waals surface area contributed by atoms with Gasteiger partial charge >= 0.3 is 0 Å². The molecule has 3 heterocycles. The van der Waals surface area contributed by atoms with Crippen LogP contribution in [0, 0.1) is 18.3 Å². The molecule has 156 valence electrons. The molecule has 0 spiro atoms. The SMILES string of the molecule is CCCn1c(SCC(=O)Nc2sc3c(c2C#N)CCCC3)nnc1-c1csc(C)c1. The van der Waals surface area contributed by atoms with Gasteiger partial charge in [0, 0.05) is 27.2 Å². The van der Waals surface area contributed by atoms with E-state index in [9.17, 15) is 10.1 Å². The zero-order valence-corrected chi connectivity index (χ0v) is 19.5. The molecule has 1 aliphatic carbocycles. The van der Waals surface area contributed by atoms with Crippen molar-refractivity contribution in [3.05, 3.63) is 32.3 Å². The van der Waals surface area contributed by atoms with Crippen molar-refractivity contribution in [2.45, 2.75) is 57.7 Å². The number of fused-ring (bicyclic) bond motifs is 1. The number of carbonyl (C=O) groups excluding carboxylic acids is 1. The van der Waals surface area contributed by atoms with Crippen LogP contribution in [0.25, 0.3) is 11.4 Å². The van der Waals surface area contributed by atoms with Crippen LogP contribution in [-0.2, 0) is 24.2 Å². The lowest BCUT2D eigenvalue weighted by atomic mass is 9.96. The maximum absolute atomic E-state index is 12.6. The fourth-order valence-electron chi connectivity index (χ4n) is 3.66. The Bertz CT molecular complexity index is 1100. The molecule has 1 aliphatic rings. The topological polar surface area (TPSA) is 83.6 Å². The van der Waals surface area contributed by atoms with Crippen molar-refractivity contribution in [2.75, 3.05) is 11.1 Å². The van der Waals surface area contributed by atoms with Crippen molar-refractivity contribution >= 4 is 45.3 Å². The summed E-state index contributed by atoms with van der Waals surface area (Å²) in [7, 11) is 0. The Labute approximate surface area is 188 Å². The average molecular weight is 458 g/mol. The van der Waals surface area contributed by atoms with Gasteiger partial charge in [-0.05, 0) is 50.7 Å².